The Hall–Kier alpha value is -0.880. The molecule has 0 radical (unpaired) electrons. The maximum Gasteiger partial charge on any atom is 0.416 e. The summed E-state index contributed by atoms with van der Waals surface area (Å²) in [7, 11) is 0. The molecule has 21 heavy (non-hydrogen) atoms. The van der Waals surface area contributed by atoms with Gasteiger partial charge in [0, 0.05) is 11.8 Å². The van der Waals surface area contributed by atoms with E-state index < -0.39 is 11.7 Å². The summed E-state index contributed by atoms with van der Waals surface area (Å²) in [5.41, 5.74) is 0.363. The summed E-state index contributed by atoms with van der Waals surface area (Å²) in [4.78, 5) is 4.23. The van der Waals surface area contributed by atoms with Gasteiger partial charge < -0.3 is 4.57 Å². The molecule has 0 aliphatic rings. The van der Waals surface area contributed by atoms with E-state index in [1.54, 1.807) is 11.8 Å². The zero-order chi connectivity index (χ0) is 15.6. The molecule has 0 amide bonds. The summed E-state index contributed by atoms with van der Waals surface area (Å²) in [5.74, 6) is 0.795. The van der Waals surface area contributed by atoms with E-state index in [2.05, 4.69) is 11.9 Å². The molecule has 0 saturated heterocycles. The van der Waals surface area contributed by atoms with Crippen LogP contribution in [-0.2, 0) is 18.6 Å². The molecule has 1 atom stereocenters. The van der Waals surface area contributed by atoms with E-state index in [1.165, 1.54) is 6.07 Å². The molecule has 2 rings (SSSR count). The van der Waals surface area contributed by atoms with Crippen molar-refractivity contribution in [1.29, 1.82) is 0 Å². The Morgan fingerprint density at radius 3 is 2.67 bits per heavy atom. The highest BCUT2D eigenvalue weighted by molar-refractivity contribution is 7.99. The van der Waals surface area contributed by atoms with Crippen molar-refractivity contribution in [2.24, 2.45) is 0 Å². The van der Waals surface area contributed by atoms with Gasteiger partial charge in [0.1, 0.15) is 5.82 Å². The molecule has 0 spiro atoms. The van der Waals surface area contributed by atoms with Crippen LogP contribution >= 0.6 is 23.4 Å². The first-order chi connectivity index (χ1) is 9.86. The van der Waals surface area contributed by atoms with E-state index >= 15 is 0 Å². The van der Waals surface area contributed by atoms with Gasteiger partial charge in [0.25, 0.3) is 0 Å². The van der Waals surface area contributed by atoms with Crippen molar-refractivity contribution in [1.82, 2.24) is 9.55 Å². The summed E-state index contributed by atoms with van der Waals surface area (Å²) in [6.07, 6.45) is -1.40. The van der Waals surface area contributed by atoms with E-state index in [4.69, 9.17) is 11.6 Å². The number of imidazole rings is 1. The summed E-state index contributed by atoms with van der Waals surface area (Å²) in [6, 6.07) is 3.65. The summed E-state index contributed by atoms with van der Waals surface area (Å²) in [5, 5.41) is 0.472. The van der Waals surface area contributed by atoms with E-state index in [0.29, 0.717) is 28.7 Å². The van der Waals surface area contributed by atoms with E-state index in [1.807, 2.05) is 10.8 Å². The summed E-state index contributed by atoms with van der Waals surface area (Å²) in [6.45, 7) is 2.82. The molecule has 0 saturated carbocycles. The van der Waals surface area contributed by atoms with Crippen LogP contribution in [0.1, 0.15) is 24.7 Å². The van der Waals surface area contributed by atoms with Crippen molar-refractivity contribution in [3.8, 4) is 0 Å². The number of fused-ring (bicyclic) bond motifs is 1. The largest absolute Gasteiger partial charge is 0.416 e. The SMILES string of the molecule is CSC(C)CCn1c(CCl)nc2cc(C(F)(F)F)ccc21. The van der Waals surface area contributed by atoms with Gasteiger partial charge in [-0.3, -0.25) is 0 Å². The van der Waals surface area contributed by atoms with Gasteiger partial charge >= 0.3 is 6.18 Å². The summed E-state index contributed by atoms with van der Waals surface area (Å²) < 4.78 is 40.1. The molecule has 0 fully saturated rings. The highest BCUT2D eigenvalue weighted by Gasteiger charge is 2.31. The summed E-state index contributed by atoms with van der Waals surface area (Å²) >= 11 is 7.63. The third kappa shape index (κ3) is 3.66. The van der Waals surface area contributed by atoms with E-state index in [-0.39, 0.29) is 5.88 Å². The molecular weight excluding hydrogens is 321 g/mol. The lowest BCUT2D eigenvalue weighted by Gasteiger charge is -2.12. The molecule has 0 N–H and O–H groups in total. The minimum Gasteiger partial charge on any atom is -0.327 e. The van der Waals surface area contributed by atoms with Crippen molar-refractivity contribution in [3.63, 3.8) is 0 Å². The molecule has 1 heterocycles. The lowest BCUT2D eigenvalue weighted by Crippen LogP contribution is -2.07. The number of thioether (sulfide) groups is 1. The second-order valence-electron chi connectivity index (χ2n) is 4.85. The number of aromatic nitrogens is 2. The van der Waals surface area contributed by atoms with Gasteiger partial charge in [0.2, 0.25) is 0 Å². The average molecular weight is 337 g/mol. The molecule has 7 heteroatoms. The first kappa shape index (κ1) is 16.5. The quantitative estimate of drug-likeness (QED) is 0.720. The Morgan fingerprint density at radius 2 is 2.10 bits per heavy atom. The first-order valence-corrected chi connectivity index (χ1v) is 8.34. The molecule has 116 valence electrons. The van der Waals surface area contributed by atoms with Crippen molar-refractivity contribution in [3.05, 3.63) is 29.6 Å². The Balaban J connectivity index is 2.40. The lowest BCUT2D eigenvalue weighted by atomic mass is 10.2. The number of halogens is 4. The Kier molecular flexibility index (Phi) is 5.09. The van der Waals surface area contributed by atoms with Crippen LogP contribution in [0.5, 0.6) is 0 Å². The van der Waals surface area contributed by atoms with Crippen LogP contribution in [0.25, 0.3) is 11.0 Å². The predicted molar refractivity (Wildman–Crippen MR) is 81.9 cm³/mol. The minimum atomic E-state index is -4.35. The molecule has 0 aliphatic heterocycles. The molecule has 1 aromatic heterocycles. The normalized spacial score (nSPS) is 13.8. The van der Waals surface area contributed by atoms with E-state index in [0.717, 1.165) is 18.6 Å². The maximum absolute atomic E-state index is 12.7. The van der Waals surface area contributed by atoms with Crippen molar-refractivity contribution >= 4 is 34.4 Å². The van der Waals surface area contributed by atoms with Crippen LogP contribution in [0.4, 0.5) is 13.2 Å². The van der Waals surface area contributed by atoms with Gasteiger partial charge in [0.05, 0.1) is 22.5 Å². The van der Waals surface area contributed by atoms with Gasteiger partial charge in [-0.15, -0.1) is 11.6 Å². The zero-order valence-corrected chi connectivity index (χ0v) is 13.3. The monoisotopic (exact) mass is 336 g/mol. The van der Waals surface area contributed by atoms with Crippen LogP contribution in [0, 0.1) is 0 Å². The number of benzene rings is 1. The van der Waals surface area contributed by atoms with Crippen molar-refractivity contribution in [2.75, 3.05) is 6.26 Å². The van der Waals surface area contributed by atoms with Crippen LogP contribution in [0.3, 0.4) is 0 Å². The maximum atomic E-state index is 12.7. The third-order valence-corrected chi connectivity index (χ3v) is 4.72. The molecule has 1 aromatic carbocycles. The molecule has 1 unspecified atom stereocenters. The van der Waals surface area contributed by atoms with Gasteiger partial charge in [-0.25, -0.2) is 4.98 Å². The fraction of sp³-hybridized carbons (Fsp3) is 0.500. The van der Waals surface area contributed by atoms with Crippen molar-refractivity contribution in [2.45, 2.75) is 37.2 Å². The Labute approximate surface area is 130 Å². The Morgan fingerprint density at radius 1 is 1.38 bits per heavy atom. The number of alkyl halides is 4. The third-order valence-electron chi connectivity index (χ3n) is 3.44. The molecule has 2 aromatic rings. The average Bonchev–Trinajstić information content (AvgIpc) is 2.80. The van der Waals surface area contributed by atoms with Gasteiger partial charge in [-0.1, -0.05) is 6.92 Å². The predicted octanol–water partition coefficient (Wildman–Crippen LogP) is 4.94. The van der Waals surface area contributed by atoms with Crippen LogP contribution in [0.2, 0.25) is 0 Å². The highest BCUT2D eigenvalue weighted by Crippen LogP contribution is 2.32. The molecule has 0 bridgehead atoms. The van der Waals surface area contributed by atoms with Crippen molar-refractivity contribution < 1.29 is 13.2 Å². The second kappa shape index (κ2) is 6.48. The van der Waals surface area contributed by atoms with Gasteiger partial charge in [-0.05, 0) is 30.9 Å². The molecule has 2 nitrogen and oxygen atoms in total. The number of hydrogen-bond acceptors (Lipinski definition) is 2. The topological polar surface area (TPSA) is 17.8 Å². The number of rotatable bonds is 5. The number of aryl methyl sites for hydroxylation is 1. The van der Waals surface area contributed by atoms with Crippen LogP contribution in [-0.4, -0.2) is 21.1 Å². The fourth-order valence-electron chi connectivity index (χ4n) is 2.14. The smallest absolute Gasteiger partial charge is 0.327 e. The number of nitrogens with zero attached hydrogens (tertiary/aromatic N) is 2. The second-order valence-corrected chi connectivity index (χ2v) is 6.39. The first-order valence-electron chi connectivity index (χ1n) is 6.52. The highest BCUT2D eigenvalue weighted by atomic mass is 35.5. The zero-order valence-electron chi connectivity index (χ0n) is 11.7. The Bertz CT molecular complexity index is 624. The molecular formula is C14H16ClF3N2S. The van der Waals surface area contributed by atoms with E-state index in [9.17, 15) is 13.2 Å². The standard InChI is InChI=1S/C14H16ClF3N2S/c1-9(21-2)5-6-20-12-4-3-10(14(16,17)18)7-11(12)19-13(20)8-15/h3-4,7,9H,5-6,8H2,1-2H3. The van der Waals surface area contributed by atoms with Crippen LogP contribution < -0.4 is 0 Å². The van der Waals surface area contributed by atoms with Crippen LogP contribution in [0.15, 0.2) is 18.2 Å². The van der Waals surface area contributed by atoms with Gasteiger partial charge in [0.15, 0.2) is 0 Å². The fourth-order valence-corrected chi connectivity index (χ4v) is 2.68. The number of hydrogen-bond donors (Lipinski definition) is 0. The van der Waals surface area contributed by atoms with Gasteiger partial charge in [-0.2, -0.15) is 24.9 Å². The lowest BCUT2D eigenvalue weighted by molar-refractivity contribution is -0.137. The molecule has 0 aliphatic carbocycles. The minimum absolute atomic E-state index is 0.184.